The van der Waals surface area contributed by atoms with E-state index >= 15 is 0 Å². The van der Waals surface area contributed by atoms with Gasteiger partial charge in [0.25, 0.3) is 0 Å². The van der Waals surface area contributed by atoms with Crippen molar-refractivity contribution < 1.29 is 4.42 Å². The molecule has 13 aromatic rings. The Balaban J connectivity index is -0.000000115. The first-order valence-corrected chi connectivity index (χ1v) is 37.9. The van der Waals surface area contributed by atoms with Gasteiger partial charge in [-0.15, -0.1) is 27.8 Å². The Hall–Kier alpha value is -10.2. The van der Waals surface area contributed by atoms with Crippen LogP contribution in [-0.4, -0.2) is 127 Å². The van der Waals surface area contributed by atoms with Crippen LogP contribution in [0.2, 0.25) is 0 Å². The number of aromatic amines is 3. The van der Waals surface area contributed by atoms with Crippen LogP contribution in [0, 0.1) is 96.9 Å². The number of H-pyrrole nitrogens is 3. The number of pyridine rings is 3. The molecule has 0 unspecified atom stereocenters. The molecule has 0 aromatic carbocycles. The normalized spacial score (nSPS) is 7.81. The lowest BCUT2D eigenvalue weighted by atomic mass is 10.3. The largest absolute Gasteiger partial charge is 0.449 e. The molecule has 0 aliphatic carbocycles. The summed E-state index contributed by atoms with van der Waals surface area (Å²) >= 11 is 3.39. The maximum absolute atomic E-state index is 4.85. The SMILES string of the molecule is CC.CC.CC.CC.CC.CC.CC.CC.CC.CC.Cc1ccccn1.Cc1cccnc1.Cc1cccnn1.Cc1ccncc1.Cc1ccnnc1.Cc1cn[nH]n1.Cc1cn[nH]n1.Cc1cn[nH]n1.Cc1ncoc1C.Cc1ncsc1C.Cc1ncsc1C.Cn1ccnn1.Cn1nccn1. The van der Waals surface area contributed by atoms with Gasteiger partial charge in [0, 0.05) is 79.1 Å². The maximum Gasteiger partial charge on any atom is 0.181 e. The Bertz CT molecular complexity index is 2890. The number of rotatable bonds is 0. The van der Waals surface area contributed by atoms with Crippen LogP contribution >= 0.6 is 22.7 Å². The van der Waals surface area contributed by atoms with Gasteiger partial charge in [-0.1, -0.05) is 156 Å². The zero-order chi connectivity index (χ0) is 83.4. The standard InChI is InChI=1S/3C6H7N.2C5H6N2.C5H7NO.2C5H7NS.5C3H5N3.10C2H6/c1-6-2-4-7-5-3-6;1-6-3-2-4-7-5-6;1-6-4-2-3-5-7-6;1-5-2-3-6-7-4-5;1-5-3-2-4-6-7-5;3*1-4-5(2)7-3-6-4;1-6-3-2-4-5-6;1-6-4-2-3-5-6;3*1-3-2-4-6-5-3;10*1-2/h3*2-5H,1H3;2*2-4H,1H3;3*3H,1-2H3;2*2-3H,1H3;3*2H,1H3,(H,4,5,6);10*1-2H3. The zero-order valence-electron chi connectivity index (χ0n) is 71.7. The molecule has 0 atom stereocenters. The molecule has 0 saturated carbocycles. The van der Waals surface area contributed by atoms with Crippen LogP contribution in [0.3, 0.4) is 0 Å². The van der Waals surface area contributed by atoms with Crippen molar-refractivity contribution in [3.8, 4) is 0 Å². The van der Waals surface area contributed by atoms with Crippen molar-refractivity contribution in [1.82, 2.24) is 127 Å². The highest BCUT2D eigenvalue weighted by molar-refractivity contribution is 7.09. The molecule has 106 heavy (non-hydrogen) atoms. The van der Waals surface area contributed by atoms with Gasteiger partial charge in [0.2, 0.25) is 0 Å². The molecule has 13 aromatic heterocycles. The number of aromatic nitrogens is 25. The van der Waals surface area contributed by atoms with E-state index < -0.39 is 0 Å². The van der Waals surface area contributed by atoms with E-state index in [4.69, 9.17) is 4.42 Å². The zero-order valence-corrected chi connectivity index (χ0v) is 73.4. The summed E-state index contributed by atoms with van der Waals surface area (Å²) in [6.07, 6.45) is 27.2. The summed E-state index contributed by atoms with van der Waals surface area (Å²) in [5, 5.41) is 58.2. The molecule has 594 valence electrons. The molecule has 0 aliphatic rings. The summed E-state index contributed by atoms with van der Waals surface area (Å²) < 4.78 is 6.49. The predicted octanol–water partition coefficient (Wildman–Crippen LogP) is 20.8. The number of oxazole rings is 1. The van der Waals surface area contributed by atoms with Gasteiger partial charge in [-0.05, 0) is 162 Å². The molecular weight excluding hydrogens is 1370 g/mol. The number of nitrogens with zero attached hydrogens (tertiary/aromatic N) is 22. The van der Waals surface area contributed by atoms with Gasteiger partial charge in [0.05, 0.1) is 94.3 Å². The highest BCUT2D eigenvalue weighted by atomic mass is 32.1. The van der Waals surface area contributed by atoms with Crippen LogP contribution in [0.25, 0.3) is 0 Å². The minimum Gasteiger partial charge on any atom is -0.449 e. The number of nitrogens with one attached hydrogen (secondary N) is 3. The Morgan fingerprint density at radius 2 is 0.783 bits per heavy atom. The molecule has 0 spiro atoms. The molecule has 0 radical (unpaired) electrons. The molecule has 0 bridgehead atoms. The van der Waals surface area contributed by atoms with Crippen molar-refractivity contribution in [1.29, 1.82) is 0 Å². The Morgan fingerprint density at radius 3 is 0.925 bits per heavy atom. The fourth-order valence-corrected chi connectivity index (χ4v) is 5.65. The summed E-state index contributed by atoms with van der Waals surface area (Å²) in [6.45, 7) is 67.6. The summed E-state index contributed by atoms with van der Waals surface area (Å²) in [4.78, 5) is 27.8. The van der Waals surface area contributed by atoms with E-state index in [-0.39, 0.29) is 0 Å². The van der Waals surface area contributed by atoms with Crippen molar-refractivity contribution in [2.24, 2.45) is 14.1 Å². The second-order valence-corrected chi connectivity index (χ2v) is 19.3. The van der Waals surface area contributed by atoms with E-state index in [2.05, 4.69) is 131 Å². The second kappa shape index (κ2) is 99.0. The lowest BCUT2D eigenvalue weighted by Gasteiger charge is -1.82. The van der Waals surface area contributed by atoms with Crippen molar-refractivity contribution in [2.45, 2.75) is 235 Å². The van der Waals surface area contributed by atoms with Crippen molar-refractivity contribution in [2.75, 3.05) is 0 Å². The minimum absolute atomic E-state index is 0.903. The van der Waals surface area contributed by atoms with Gasteiger partial charge >= 0.3 is 0 Å². The number of hydrogen-bond donors (Lipinski definition) is 3. The lowest BCUT2D eigenvalue weighted by Crippen LogP contribution is -1.89. The van der Waals surface area contributed by atoms with Crippen LogP contribution in [0.5, 0.6) is 0 Å². The van der Waals surface area contributed by atoms with Gasteiger partial charge < -0.3 is 4.42 Å². The molecule has 0 amide bonds. The topological polar surface area (TPSA) is 328 Å². The van der Waals surface area contributed by atoms with Crippen LogP contribution < -0.4 is 0 Å². The molecule has 0 aliphatic heterocycles. The van der Waals surface area contributed by atoms with Crippen molar-refractivity contribution in [3.63, 3.8) is 0 Å². The first-order valence-electron chi connectivity index (χ1n) is 36.1. The number of thiazole rings is 2. The number of aryl methyl sites for hydroxylation is 16. The quantitative estimate of drug-likeness (QED) is 0.127. The van der Waals surface area contributed by atoms with Crippen LogP contribution in [-0.2, 0) is 14.1 Å². The van der Waals surface area contributed by atoms with E-state index in [1.807, 2.05) is 306 Å². The average Bonchev–Trinajstić information content (AvgIpc) is 1.84. The smallest absolute Gasteiger partial charge is 0.181 e. The van der Waals surface area contributed by atoms with E-state index in [0.29, 0.717) is 0 Å². The van der Waals surface area contributed by atoms with Gasteiger partial charge in [0.1, 0.15) is 5.76 Å². The monoisotopic (exact) mass is 1510 g/mol. The molecule has 0 saturated heterocycles. The van der Waals surface area contributed by atoms with E-state index in [9.17, 15) is 0 Å². The third kappa shape index (κ3) is 89.9. The highest BCUT2D eigenvalue weighted by Crippen LogP contribution is 2.09. The number of hydrogen-bond acceptors (Lipinski definition) is 23. The first-order chi connectivity index (χ1) is 51.4. The minimum atomic E-state index is 0.903. The molecule has 3 N–H and O–H groups in total. The predicted molar refractivity (Wildman–Crippen MR) is 448 cm³/mol. The summed E-state index contributed by atoms with van der Waals surface area (Å²) in [7, 11) is 3.60. The molecule has 13 rings (SSSR count). The van der Waals surface area contributed by atoms with Gasteiger partial charge in [-0.2, -0.15) is 81.6 Å². The first kappa shape index (κ1) is 117. The Kier molecular flexibility index (Phi) is 109. The van der Waals surface area contributed by atoms with E-state index in [0.717, 1.165) is 56.9 Å². The summed E-state index contributed by atoms with van der Waals surface area (Å²) in [6, 6.07) is 19.4. The van der Waals surface area contributed by atoms with Crippen molar-refractivity contribution in [3.05, 3.63) is 249 Å². The van der Waals surface area contributed by atoms with E-state index in [1.165, 1.54) is 32.1 Å². The van der Waals surface area contributed by atoms with Gasteiger partial charge in [0.15, 0.2) is 6.39 Å². The van der Waals surface area contributed by atoms with Gasteiger partial charge in [-0.25, -0.2) is 15.0 Å². The highest BCUT2D eigenvalue weighted by Gasteiger charge is 1.92. The van der Waals surface area contributed by atoms with Crippen molar-refractivity contribution >= 4 is 22.7 Å². The summed E-state index contributed by atoms with van der Waals surface area (Å²) in [5.41, 5.74) is 15.4. The fourth-order valence-electron chi connectivity index (χ4n) is 4.47. The maximum atomic E-state index is 4.85. The molecule has 26 nitrogen and oxygen atoms in total. The fraction of sp³-hybridized carbons (Fsp3) is 0.462. The third-order valence-electron chi connectivity index (χ3n) is 9.55. The van der Waals surface area contributed by atoms with Crippen LogP contribution in [0.1, 0.15) is 216 Å². The molecule has 28 heteroatoms. The average molecular weight is 1510 g/mol. The second-order valence-electron chi connectivity index (χ2n) is 17.2. The Morgan fingerprint density at radius 1 is 0.340 bits per heavy atom. The Labute approximate surface area is 648 Å². The molecular formula is C78H139N25OS2. The lowest BCUT2D eigenvalue weighted by molar-refractivity contribution is 0.525. The van der Waals surface area contributed by atoms with Crippen LogP contribution in [0.15, 0.2) is 175 Å². The summed E-state index contributed by atoms with van der Waals surface area (Å²) in [5.74, 6) is 0.903. The van der Waals surface area contributed by atoms with Crippen LogP contribution in [0.4, 0.5) is 0 Å². The van der Waals surface area contributed by atoms with Gasteiger partial charge in [-0.3, -0.25) is 19.6 Å². The molecule has 0 fully saturated rings. The van der Waals surface area contributed by atoms with E-state index in [1.54, 1.807) is 121 Å². The third-order valence-corrected chi connectivity index (χ3v) is 11.3. The molecule has 13 heterocycles.